The van der Waals surface area contributed by atoms with Crippen molar-refractivity contribution in [2.45, 2.75) is 50.6 Å². The van der Waals surface area contributed by atoms with E-state index >= 15 is 0 Å². The average Bonchev–Trinajstić information content (AvgIpc) is 2.97. The van der Waals surface area contributed by atoms with Gasteiger partial charge in [-0.05, 0) is 79.0 Å². The number of piperazine rings is 1. The van der Waals surface area contributed by atoms with Gasteiger partial charge in [-0.15, -0.1) is 0 Å². The average molecular weight is 622 g/mol. The Morgan fingerprint density at radius 1 is 1.14 bits per heavy atom. The molecule has 0 radical (unpaired) electrons. The molecule has 4 aromatic rings. The highest BCUT2D eigenvalue weighted by atomic mass is 35.5. The van der Waals surface area contributed by atoms with Gasteiger partial charge in [-0.1, -0.05) is 44.2 Å². The van der Waals surface area contributed by atoms with Crippen LogP contribution in [0.5, 0.6) is 0 Å². The van der Waals surface area contributed by atoms with Gasteiger partial charge in [-0.3, -0.25) is 4.79 Å². The topological polar surface area (TPSA) is 94.4 Å². The number of hydrogen-bond donors (Lipinski definition) is 0. The van der Waals surface area contributed by atoms with Gasteiger partial charge in [0, 0.05) is 30.7 Å². The van der Waals surface area contributed by atoms with Crippen LogP contribution in [0.3, 0.4) is 0 Å². The van der Waals surface area contributed by atoms with Crippen molar-refractivity contribution in [1.29, 1.82) is 0 Å². The summed E-state index contributed by atoms with van der Waals surface area (Å²) in [6.07, 6.45) is 2.90. The molecule has 1 amide bonds. The van der Waals surface area contributed by atoms with E-state index in [1.54, 1.807) is 47.6 Å². The molecule has 3 atom stereocenters. The Morgan fingerprint density at radius 3 is 2.51 bits per heavy atom. The standard InChI is InChI=1S/C32H33ClFN5O3S/c1-7-28(40)37-16-20(5)38(17-19(37)4)30-24-15-25(33)29(22-10-8-9-11-26(22)34)35-31(24)39(32(41)36-30)27-13-12-21(43(6)42)14-23(27)18(2)3/h7-15,18-20H,1,16-17H2,2-6H3/t19?,20?,43-/m1/s1. The molecule has 43 heavy (non-hydrogen) atoms. The van der Waals surface area contributed by atoms with Gasteiger partial charge in [0.1, 0.15) is 17.9 Å². The minimum Gasteiger partial charge on any atom is -0.612 e. The molecule has 5 rings (SSSR count). The first kappa shape index (κ1) is 30.7. The fourth-order valence-corrected chi connectivity index (χ4v) is 6.41. The predicted molar refractivity (Wildman–Crippen MR) is 170 cm³/mol. The molecule has 1 fully saturated rings. The van der Waals surface area contributed by atoms with Gasteiger partial charge in [0.15, 0.2) is 10.5 Å². The smallest absolute Gasteiger partial charge is 0.355 e. The lowest BCUT2D eigenvalue weighted by atomic mass is 10.0. The number of carbonyl (C=O) groups is 1. The maximum atomic E-state index is 15.0. The van der Waals surface area contributed by atoms with Crippen molar-refractivity contribution in [3.63, 3.8) is 0 Å². The maximum Gasteiger partial charge on any atom is 0.355 e. The quantitative estimate of drug-likeness (QED) is 0.202. The third-order valence-corrected chi connectivity index (χ3v) is 9.05. The first-order valence-electron chi connectivity index (χ1n) is 14.0. The van der Waals surface area contributed by atoms with Crippen LogP contribution in [-0.4, -0.2) is 61.3 Å². The Labute approximate surface area is 258 Å². The second-order valence-electron chi connectivity index (χ2n) is 11.1. The summed E-state index contributed by atoms with van der Waals surface area (Å²) in [5.41, 5.74) is 1.40. The lowest BCUT2D eigenvalue weighted by molar-refractivity contribution is -0.128. The number of rotatable bonds is 6. The van der Waals surface area contributed by atoms with Gasteiger partial charge in [-0.25, -0.2) is 18.7 Å². The fraction of sp³-hybridized carbons (Fsp3) is 0.312. The highest BCUT2D eigenvalue weighted by Crippen LogP contribution is 2.36. The Morgan fingerprint density at radius 2 is 1.86 bits per heavy atom. The van der Waals surface area contributed by atoms with Crippen LogP contribution >= 0.6 is 11.6 Å². The highest BCUT2D eigenvalue weighted by molar-refractivity contribution is 7.90. The number of nitrogens with zero attached hydrogens (tertiary/aromatic N) is 5. The summed E-state index contributed by atoms with van der Waals surface area (Å²) in [7, 11) is 0. The number of pyridine rings is 1. The number of amides is 1. The number of fused-ring (bicyclic) bond motifs is 1. The Bertz CT molecular complexity index is 1790. The van der Waals surface area contributed by atoms with Crippen molar-refractivity contribution in [1.82, 2.24) is 19.4 Å². The minimum atomic E-state index is -1.23. The third kappa shape index (κ3) is 5.67. The molecule has 224 valence electrons. The van der Waals surface area contributed by atoms with E-state index in [-0.39, 0.29) is 45.8 Å². The molecule has 0 N–H and O–H groups in total. The zero-order chi connectivity index (χ0) is 31.2. The molecular weight excluding hydrogens is 589 g/mol. The van der Waals surface area contributed by atoms with Crippen LogP contribution in [0.2, 0.25) is 5.02 Å². The molecule has 2 unspecified atom stereocenters. The van der Waals surface area contributed by atoms with E-state index in [0.29, 0.717) is 34.9 Å². The monoisotopic (exact) mass is 621 g/mol. The van der Waals surface area contributed by atoms with Crippen LogP contribution in [0.1, 0.15) is 39.2 Å². The van der Waals surface area contributed by atoms with Crippen LogP contribution in [0.15, 0.2) is 70.9 Å². The number of carbonyl (C=O) groups excluding carboxylic acids is 1. The van der Waals surface area contributed by atoms with E-state index in [1.807, 2.05) is 38.7 Å². The van der Waals surface area contributed by atoms with Crippen LogP contribution < -0.4 is 10.6 Å². The summed E-state index contributed by atoms with van der Waals surface area (Å²) < 4.78 is 28.7. The van der Waals surface area contributed by atoms with E-state index in [4.69, 9.17) is 16.6 Å². The molecule has 2 aromatic carbocycles. The van der Waals surface area contributed by atoms with Gasteiger partial charge in [0.25, 0.3) is 0 Å². The van der Waals surface area contributed by atoms with E-state index in [9.17, 15) is 18.5 Å². The van der Waals surface area contributed by atoms with Crippen LogP contribution in [0.4, 0.5) is 10.2 Å². The van der Waals surface area contributed by atoms with Crippen molar-refractivity contribution >= 4 is 45.5 Å². The SMILES string of the molecule is C=CC(=O)N1CC(C)N(c2nc(=O)n(-c3ccc([S@@+](C)[O-])cc3C(C)C)c3nc(-c4ccccc4F)c(Cl)cc23)CC1C. The van der Waals surface area contributed by atoms with Crippen molar-refractivity contribution in [3.05, 3.63) is 88.1 Å². The molecular formula is C32H33ClFN5O3S. The molecule has 3 heterocycles. The molecule has 1 aliphatic rings. The summed E-state index contributed by atoms with van der Waals surface area (Å²) in [4.78, 5) is 40.3. The molecule has 1 saturated heterocycles. The fourth-order valence-electron chi connectivity index (χ4n) is 5.61. The number of anilines is 1. The lowest BCUT2D eigenvalue weighted by Crippen LogP contribution is -2.58. The maximum absolute atomic E-state index is 15.0. The van der Waals surface area contributed by atoms with Crippen LogP contribution in [0.25, 0.3) is 28.0 Å². The second kappa shape index (κ2) is 12.1. The van der Waals surface area contributed by atoms with Gasteiger partial charge in [-0.2, -0.15) is 4.98 Å². The first-order chi connectivity index (χ1) is 20.4. The van der Waals surface area contributed by atoms with Crippen LogP contribution in [0, 0.1) is 5.82 Å². The first-order valence-corrected chi connectivity index (χ1v) is 15.9. The van der Waals surface area contributed by atoms with Gasteiger partial charge < -0.3 is 14.4 Å². The molecule has 0 saturated carbocycles. The third-order valence-electron chi connectivity index (χ3n) is 7.84. The number of benzene rings is 2. The molecule has 8 nitrogen and oxygen atoms in total. The van der Waals surface area contributed by atoms with E-state index in [2.05, 4.69) is 11.6 Å². The zero-order valence-electron chi connectivity index (χ0n) is 24.7. The van der Waals surface area contributed by atoms with Crippen molar-refractivity contribution in [3.8, 4) is 16.9 Å². The molecule has 2 aromatic heterocycles. The molecule has 0 aliphatic carbocycles. The summed E-state index contributed by atoms with van der Waals surface area (Å²) >= 11 is 5.56. The van der Waals surface area contributed by atoms with Crippen molar-refractivity contribution in [2.75, 3.05) is 24.2 Å². The van der Waals surface area contributed by atoms with Gasteiger partial charge in [0.2, 0.25) is 5.91 Å². The van der Waals surface area contributed by atoms with Crippen LogP contribution in [-0.2, 0) is 16.0 Å². The molecule has 0 spiro atoms. The Hall–Kier alpha value is -3.73. The van der Waals surface area contributed by atoms with E-state index < -0.39 is 22.7 Å². The van der Waals surface area contributed by atoms with Gasteiger partial charge >= 0.3 is 5.69 Å². The number of halogens is 2. The predicted octanol–water partition coefficient (Wildman–Crippen LogP) is 5.71. The molecule has 11 heteroatoms. The Balaban J connectivity index is 1.81. The number of aromatic nitrogens is 3. The summed E-state index contributed by atoms with van der Waals surface area (Å²) in [6.45, 7) is 12.3. The van der Waals surface area contributed by atoms with E-state index in [0.717, 1.165) is 5.56 Å². The normalized spacial score (nSPS) is 17.9. The lowest BCUT2D eigenvalue weighted by Gasteiger charge is -2.44. The number of hydrogen-bond acceptors (Lipinski definition) is 6. The summed E-state index contributed by atoms with van der Waals surface area (Å²) in [6, 6.07) is 12.8. The summed E-state index contributed by atoms with van der Waals surface area (Å²) in [5.74, 6) is -0.311. The molecule has 0 bridgehead atoms. The zero-order valence-corrected chi connectivity index (χ0v) is 26.2. The second-order valence-corrected chi connectivity index (χ2v) is 12.9. The van der Waals surface area contributed by atoms with E-state index in [1.165, 1.54) is 16.7 Å². The Kier molecular flexibility index (Phi) is 8.65. The highest BCUT2D eigenvalue weighted by Gasteiger charge is 2.34. The summed E-state index contributed by atoms with van der Waals surface area (Å²) in [5, 5.41) is 0.706. The van der Waals surface area contributed by atoms with Gasteiger partial charge in [0.05, 0.1) is 21.8 Å². The molecule has 1 aliphatic heterocycles. The largest absolute Gasteiger partial charge is 0.612 e. The van der Waals surface area contributed by atoms with Crippen molar-refractivity contribution in [2.24, 2.45) is 0 Å². The van der Waals surface area contributed by atoms with Crippen molar-refractivity contribution < 1.29 is 13.7 Å². The minimum absolute atomic E-state index is 0.0326.